The number of piperidine rings is 1. The van der Waals surface area contributed by atoms with Crippen LogP contribution in [-0.2, 0) is 5.41 Å². The van der Waals surface area contributed by atoms with Crippen LogP contribution < -0.4 is 4.90 Å². The van der Waals surface area contributed by atoms with E-state index in [1.807, 2.05) is 11.3 Å². The lowest BCUT2D eigenvalue weighted by Gasteiger charge is -2.26. The van der Waals surface area contributed by atoms with Crippen molar-refractivity contribution in [1.82, 2.24) is 4.98 Å². The Morgan fingerprint density at radius 1 is 1.31 bits per heavy atom. The Kier molecular flexibility index (Phi) is 3.53. The minimum atomic E-state index is 0.227. The van der Waals surface area contributed by atoms with Crippen molar-refractivity contribution in [3.05, 3.63) is 11.1 Å². The zero-order chi connectivity index (χ0) is 11.6. The van der Waals surface area contributed by atoms with Gasteiger partial charge in [-0.15, -0.1) is 11.3 Å². The molecule has 0 N–H and O–H groups in total. The van der Waals surface area contributed by atoms with Crippen LogP contribution in [-0.4, -0.2) is 18.1 Å². The van der Waals surface area contributed by atoms with Crippen molar-refractivity contribution in [2.45, 2.75) is 51.9 Å². The summed E-state index contributed by atoms with van der Waals surface area (Å²) in [5.41, 5.74) is 1.49. The summed E-state index contributed by atoms with van der Waals surface area (Å²) in [6.07, 6.45) is 5.18. The van der Waals surface area contributed by atoms with Crippen LogP contribution in [0.3, 0.4) is 0 Å². The smallest absolute Gasteiger partial charge is 0.185 e. The van der Waals surface area contributed by atoms with Crippen molar-refractivity contribution < 1.29 is 0 Å². The van der Waals surface area contributed by atoms with E-state index in [0.29, 0.717) is 0 Å². The molecule has 0 amide bonds. The molecule has 0 saturated carbocycles. The standard InChI is InChI=1S/C13H22N2S/c1-4-13(2,3)11-10-16-12(14-11)15-8-6-5-7-9-15/h10H,4-9H2,1-3H3. The first-order valence-electron chi connectivity index (χ1n) is 6.34. The molecule has 1 fully saturated rings. The number of aromatic nitrogens is 1. The van der Waals surface area contributed by atoms with Crippen molar-refractivity contribution >= 4 is 16.5 Å². The molecule has 90 valence electrons. The van der Waals surface area contributed by atoms with Gasteiger partial charge in [-0.25, -0.2) is 4.98 Å². The van der Waals surface area contributed by atoms with Gasteiger partial charge in [-0.2, -0.15) is 0 Å². The average molecular weight is 238 g/mol. The highest BCUT2D eigenvalue weighted by atomic mass is 32.1. The maximum absolute atomic E-state index is 4.82. The van der Waals surface area contributed by atoms with Crippen molar-refractivity contribution in [3.63, 3.8) is 0 Å². The molecule has 2 heterocycles. The summed E-state index contributed by atoms with van der Waals surface area (Å²) in [6.45, 7) is 9.18. The Bertz CT molecular complexity index is 337. The molecule has 2 nitrogen and oxygen atoms in total. The Morgan fingerprint density at radius 3 is 2.62 bits per heavy atom. The summed E-state index contributed by atoms with van der Waals surface area (Å²) < 4.78 is 0. The predicted octanol–water partition coefficient (Wildman–Crippen LogP) is 3.82. The zero-order valence-corrected chi connectivity index (χ0v) is 11.4. The molecule has 0 unspecified atom stereocenters. The third-order valence-corrected chi connectivity index (χ3v) is 4.60. The molecule has 0 aromatic carbocycles. The van der Waals surface area contributed by atoms with E-state index in [9.17, 15) is 0 Å². The van der Waals surface area contributed by atoms with Gasteiger partial charge in [-0.05, 0) is 25.7 Å². The molecule has 0 bridgehead atoms. The Balaban J connectivity index is 2.12. The molecule has 1 aliphatic heterocycles. The largest absolute Gasteiger partial charge is 0.348 e. The van der Waals surface area contributed by atoms with E-state index in [1.54, 1.807) is 0 Å². The lowest BCUT2D eigenvalue weighted by molar-refractivity contribution is 0.492. The molecule has 0 atom stereocenters. The van der Waals surface area contributed by atoms with Crippen LogP contribution in [0.25, 0.3) is 0 Å². The van der Waals surface area contributed by atoms with Crippen LogP contribution in [0.4, 0.5) is 5.13 Å². The molecule has 1 aromatic rings. The highest BCUT2D eigenvalue weighted by Crippen LogP contribution is 2.32. The summed E-state index contributed by atoms with van der Waals surface area (Å²) in [7, 11) is 0. The van der Waals surface area contributed by atoms with Crippen LogP contribution in [0, 0.1) is 0 Å². The summed E-state index contributed by atoms with van der Waals surface area (Å²) in [4.78, 5) is 7.27. The highest BCUT2D eigenvalue weighted by molar-refractivity contribution is 7.13. The molecule has 16 heavy (non-hydrogen) atoms. The molecule has 1 aliphatic rings. The van der Waals surface area contributed by atoms with Gasteiger partial charge >= 0.3 is 0 Å². The minimum Gasteiger partial charge on any atom is -0.348 e. The Morgan fingerprint density at radius 2 is 2.00 bits per heavy atom. The first-order valence-corrected chi connectivity index (χ1v) is 7.22. The summed E-state index contributed by atoms with van der Waals surface area (Å²) in [5.74, 6) is 0. The van der Waals surface area contributed by atoms with Gasteiger partial charge in [0.15, 0.2) is 5.13 Å². The number of thiazole rings is 1. The van der Waals surface area contributed by atoms with Gasteiger partial charge < -0.3 is 4.90 Å². The first-order chi connectivity index (χ1) is 7.63. The van der Waals surface area contributed by atoms with E-state index in [2.05, 4.69) is 31.1 Å². The summed E-state index contributed by atoms with van der Waals surface area (Å²) in [6, 6.07) is 0. The molecule has 2 rings (SSSR count). The van der Waals surface area contributed by atoms with Crippen molar-refractivity contribution in [2.75, 3.05) is 18.0 Å². The molecule has 1 saturated heterocycles. The number of anilines is 1. The van der Waals surface area contributed by atoms with Gasteiger partial charge in [-0.1, -0.05) is 20.8 Å². The maximum Gasteiger partial charge on any atom is 0.185 e. The topological polar surface area (TPSA) is 16.1 Å². The summed E-state index contributed by atoms with van der Waals surface area (Å²) >= 11 is 1.81. The van der Waals surface area contributed by atoms with Crippen molar-refractivity contribution in [3.8, 4) is 0 Å². The second kappa shape index (κ2) is 4.74. The second-order valence-electron chi connectivity index (χ2n) is 5.30. The van der Waals surface area contributed by atoms with E-state index in [-0.39, 0.29) is 5.41 Å². The third kappa shape index (κ3) is 2.40. The van der Waals surface area contributed by atoms with Crippen LogP contribution in [0.15, 0.2) is 5.38 Å². The summed E-state index contributed by atoms with van der Waals surface area (Å²) in [5, 5.41) is 3.48. The lowest BCUT2D eigenvalue weighted by Crippen LogP contribution is -2.29. The highest BCUT2D eigenvalue weighted by Gasteiger charge is 2.23. The predicted molar refractivity (Wildman–Crippen MR) is 71.5 cm³/mol. The quantitative estimate of drug-likeness (QED) is 0.796. The number of hydrogen-bond donors (Lipinski definition) is 0. The van der Waals surface area contributed by atoms with Gasteiger partial charge in [-0.3, -0.25) is 0 Å². The van der Waals surface area contributed by atoms with Crippen LogP contribution in [0.1, 0.15) is 52.1 Å². The minimum absolute atomic E-state index is 0.227. The van der Waals surface area contributed by atoms with E-state index >= 15 is 0 Å². The molecular formula is C13H22N2S. The van der Waals surface area contributed by atoms with Gasteiger partial charge in [0.05, 0.1) is 5.69 Å². The normalized spacial score (nSPS) is 17.8. The van der Waals surface area contributed by atoms with E-state index < -0.39 is 0 Å². The SMILES string of the molecule is CCC(C)(C)c1csc(N2CCCCC2)n1. The van der Waals surface area contributed by atoms with Crippen molar-refractivity contribution in [2.24, 2.45) is 0 Å². The molecule has 1 aromatic heterocycles. The average Bonchev–Trinajstić information content (AvgIpc) is 2.80. The fraction of sp³-hybridized carbons (Fsp3) is 0.769. The lowest BCUT2D eigenvalue weighted by atomic mass is 9.87. The van der Waals surface area contributed by atoms with Gasteiger partial charge in [0.2, 0.25) is 0 Å². The van der Waals surface area contributed by atoms with Crippen LogP contribution in [0.5, 0.6) is 0 Å². The zero-order valence-electron chi connectivity index (χ0n) is 10.6. The third-order valence-electron chi connectivity index (χ3n) is 3.70. The Labute approximate surface area is 103 Å². The van der Waals surface area contributed by atoms with Gasteiger partial charge in [0, 0.05) is 23.9 Å². The molecule has 0 aliphatic carbocycles. The molecule has 3 heteroatoms. The van der Waals surface area contributed by atoms with Crippen molar-refractivity contribution in [1.29, 1.82) is 0 Å². The van der Waals surface area contributed by atoms with Crippen LogP contribution in [0.2, 0.25) is 0 Å². The van der Waals surface area contributed by atoms with Gasteiger partial charge in [0.1, 0.15) is 0 Å². The fourth-order valence-electron chi connectivity index (χ4n) is 1.99. The Hall–Kier alpha value is -0.570. The van der Waals surface area contributed by atoms with E-state index in [4.69, 9.17) is 4.98 Å². The monoisotopic (exact) mass is 238 g/mol. The number of nitrogens with zero attached hydrogens (tertiary/aromatic N) is 2. The van der Waals surface area contributed by atoms with Gasteiger partial charge in [0.25, 0.3) is 0 Å². The fourth-order valence-corrected chi connectivity index (χ4v) is 3.06. The second-order valence-corrected chi connectivity index (χ2v) is 6.14. The first kappa shape index (κ1) is 11.9. The van der Waals surface area contributed by atoms with E-state index in [1.165, 1.54) is 43.2 Å². The molecule has 0 radical (unpaired) electrons. The van der Waals surface area contributed by atoms with E-state index in [0.717, 1.165) is 6.42 Å². The molecule has 0 spiro atoms. The number of hydrogen-bond acceptors (Lipinski definition) is 3. The number of rotatable bonds is 3. The molecular weight excluding hydrogens is 216 g/mol. The maximum atomic E-state index is 4.82. The van der Waals surface area contributed by atoms with Crippen LogP contribution >= 0.6 is 11.3 Å².